The second kappa shape index (κ2) is 6.38. The van der Waals surface area contributed by atoms with Crippen LogP contribution in [0.15, 0.2) is 35.6 Å². The molecule has 3 aromatic heterocycles. The number of aromatic nitrogens is 4. The predicted octanol–water partition coefficient (Wildman–Crippen LogP) is 1.41. The maximum atomic E-state index is 4.68. The smallest absolute Gasteiger partial charge is 0.230 e. The minimum absolute atomic E-state index is 0.559. The largest absolute Gasteiger partial charge is 0.368 e. The van der Waals surface area contributed by atoms with Gasteiger partial charge in [-0.15, -0.1) is 0 Å². The van der Waals surface area contributed by atoms with Crippen molar-refractivity contribution in [1.82, 2.24) is 24.8 Å². The molecule has 0 atom stereocenters. The molecule has 5 rings (SSSR count). The molecule has 5 heterocycles. The van der Waals surface area contributed by atoms with Crippen molar-refractivity contribution in [3.05, 3.63) is 36.3 Å². The van der Waals surface area contributed by atoms with Crippen molar-refractivity contribution in [3.63, 3.8) is 0 Å². The van der Waals surface area contributed by atoms with Gasteiger partial charge in [-0.05, 0) is 18.2 Å². The van der Waals surface area contributed by atoms with E-state index in [4.69, 9.17) is 0 Å². The summed E-state index contributed by atoms with van der Waals surface area (Å²) in [7, 11) is 0. The number of pyridine rings is 1. The highest BCUT2D eigenvalue weighted by Gasteiger charge is 2.13. The SMILES string of the molecule is C1=NCCn2c1cc1cnc(Nc3ccc(N4CCNCC4)cn3)nc12. The fourth-order valence-electron chi connectivity index (χ4n) is 3.46. The molecule has 8 nitrogen and oxygen atoms in total. The third kappa shape index (κ3) is 2.78. The molecule has 0 aliphatic carbocycles. The number of nitrogens with zero attached hydrogens (tertiary/aromatic N) is 6. The van der Waals surface area contributed by atoms with E-state index in [2.05, 4.69) is 52.2 Å². The number of fused-ring (bicyclic) bond motifs is 3. The van der Waals surface area contributed by atoms with Crippen LogP contribution < -0.4 is 15.5 Å². The normalized spacial score (nSPS) is 16.7. The van der Waals surface area contributed by atoms with E-state index in [0.29, 0.717) is 5.95 Å². The van der Waals surface area contributed by atoms with Gasteiger partial charge < -0.3 is 20.1 Å². The predicted molar refractivity (Wildman–Crippen MR) is 103 cm³/mol. The molecule has 1 fully saturated rings. The maximum Gasteiger partial charge on any atom is 0.230 e. The average Bonchev–Trinajstić information content (AvgIpc) is 3.07. The van der Waals surface area contributed by atoms with Gasteiger partial charge in [-0.3, -0.25) is 4.99 Å². The molecule has 0 saturated carbocycles. The fourth-order valence-corrected chi connectivity index (χ4v) is 3.46. The van der Waals surface area contributed by atoms with Crippen molar-refractivity contribution in [2.75, 3.05) is 42.9 Å². The van der Waals surface area contributed by atoms with Gasteiger partial charge in [0.15, 0.2) is 0 Å². The van der Waals surface area contributed by atoms with Crippen molar-refractivity contribution >= 4 is 34.7 Å². The molecule has 26 heavy (non-hydrogen) atoms. The van der Waals surface area contributed by atoms with Crippen molar-refractivity contribution in [2.24, 2.45) is 4.99 Å². The molecule has 0 unspecified atom stereocenters. The molecular formula is C18H20N8. The molecule has 8 heteroatoms. The second-order valence-corrected chi connectivity index (χ2v) is 6.49. The van der Waals surface area contributed by atoms with E-state index in [0.717, 1.165) is 67.5 Å². The standard InChI is InChI=1S/C18H20N8/c1-2-16(21-12-14(1)25-6-3-19-4-7-25)23-18-22-10-13-9-15-11-20-5-8-26(15)17(13)24-18/h1-2,9-12,19H,3-8H2,(H,21,22,23,24). The summed E-state index contributed by atoms with van der Waals surface area (Å²) in [6.45, 7) is 5.69. The molecule has 2 aliphatic rings. The summed E-state index contributed by atoms with van der Waals surface area (Å²) in [6, 6.07) is 6.14. The fraction of sp³-hybridized carbons (Fsp3) is 0.333. The van der Waals surface area contributed by atoms with E-state index >= 15 is 0 Å². The Morgan fingerprint density at radius 3 is 2.81 bits per heavy atom. The van der Waals surface area contributed by atoms with E-state index in [1.807, 2.05) is 24.7 Å². The van der Waals surface area contributed by atoms with Crippen LogP contribution in [0.3, 0.4) is 0 Å². The van der Waals surface area contributed by atoms with Gasteiger partial charge in [-0.1, -0.05) is 0 Å². The van der Waals surface area contributed by atoms with Crippen LogP contribution in [0.1, 0.15) is 5.69 Å². The summed E-state index contributed by atoms with van der Waals surface area (Å²) in [5, 5.41) is 7.60. The number of anilines is 3. The summed E-state index contributed by atoms with van der Waals surface area (Å²) in [4.78, 5) is 20.3. The molecule has 2 aliphatic heterocycles. The number of aliphatic imine (C=N–C) groups is 1. The van der Waals surface area contributed by atoms with Gasteiger partial charge in [0.1, 0.15) is 11.5 Å². The van der Waals surface area contributed by atoms with Gasteiger partial charge in [-0.25, -0.2) is 9.97 Å². The third-order valence-corrected chi connectivity index (χ3v) is 4.81. The number of rotatable bonds is 3. The molecular weight excluding hydrogens is 328 g/mol. The van der Waals surface area contributed by atoms with Crippen LogP contribution in [0.4, 0.5) is 17.5 Å². The first kappa shape index (κ1) is 15.3. The van der Waals surface area contributed by atoms with Gasteiger partial charge in [0.2, 0.25) is 5.95 Å². The Bertz CT molecular complexity index is 953. The second-order valence-electron chi connectivity index (χ2n) is 6.49. The molecule has 2 N–H and O–H groups in total. The lowest BCUT2D eigenvalue weighted by molar-refractivity contribution is 0.589. The zero-order valence-electron chi connectivity index (χ0n) is 14.4. The van der Waals surface area contributed by atoms with Crippen LogP contribution in [0.25, 0.3) is 11.0 Å². The molecule has 0 amide bonds. The minimum atomic E-state index is 0.559. The summed E-state index contributed by atoms with van der Waals surface area (Å²) < 4.78 is 2.18. The lowest BCUT2D eigenvalue weighted by Crippen LogP contribution is -2.43. The lowest BCUT2D eigenvalue weighted by Gasteiger charge is -2.29. The number of piperazine rings is 1. The van der Waals surface area contributed by atoms with Crippen LogP contribution in [-0.2, 0) is 6.54 Å². The van der Waals surface area contributed by atoms with E-state index in [1.165, 1.54) is 0 Å². The molecule has 1 saturated heterocycles. The Balaban J connectivity index is 1.38. The van der Waals surface area contributed by atoms with Crippen molar-refractivity contribution in [3.8, 4) is 0 Å². The first-order valence-corrected chi connectivity index (χ1v) is 8.92. The highest BCUT2D eigenvalue weighted by molar-refractivity contribution is 5.89. The van der Waals surface area contributed by atoms with Crippen LogP contribution in [0.5, 0.6) is 0 Å². The minimum Gasteiger partial charge on any atom is -0.368 e. The molecule has 0 spiro atoms. The van der Waals surface area contributed by atoms with Crippen molar-refractivity contribution in [1.29, 1.82) is 0 Å². The van der Waals surface area contributed by atoms with E-state index in [1.54, 1.807) is 0 Å². The molecule has 3 aromatic rings. The number of nitrogens with one attached hydrogen (secondary N) is 2. The summed E-state index contributed by atoms with van der Waals surface area (Å²) >= 11 is 0. The summed E-state index contributed by atoms with van der Waals surface area (Å²) in [6.07, 6.45) is 5.65. The third-order valence-electron chi connectivity index (χ3n) is 4.81. The van der Waals surface area contributed by atoms with Crippen LogP contribution in [0, 0.1) is 0 Å². The first-order chi connectivity index (χ1) is 12.9. The van der Waals surface area contributed by atoms with E-state index in [-0.39, 0.29) is 0 Å². The van der Waals surface area contributed by atoms with Gasteiger partial charge in [0.25, 0.3) is 0 Å². The highest BCUT2D eigenvalue weighted by atomic mass is 15.2. The molecule has 132 valence electrons. The van der Waals surface area contributed by atoms with Crippen LogP contribution in [-0.4, -0.2) is 58.5 Å². The van der Waals surface area contributed by atoms with Crippen LogP contribution in [0.2, 0.25) is 0 Å². The topological polar surface area (TPSA) is 83.3 Å². The molecule has 0 bridgehead atoms. The van der Waals surface area contributed by atoms with Crippen LogP contribution >= 0.6 is 0 Å². The zero-order chi connectivity index (χ0) is 17.3. The van der Waals surface area contributed by atoms with Gasteiger partial charge >= 0.3 is 0 Å². The first-order valence-electron chi connectivity index (χ1n) is 8.92. The quantitative estimate of drug-likeness (QED) is 0.745. The summed E-state index contributed by atoms with van der Waals surface area (Å²) in [5.74, 6) is 1.30. The number of hydrogen-bond donors (Lipinski definition) is 2. The van der Waals surface area contributed by atoms with Crippen molar-refractivity contribution < 1.29 is 0 Å². The lowest BCUT2D eigenvalue weighted by atomic mass is 10.3. The van der Waals surface area contributed by atoms with Gasteiger partial charge in [0, 0.05) is 50.5 Å². The van der Waals surface area contributed by atoms with E-state index < -0.39 is 0 Å². The Hall–Kier alpha value is -3.00. The Kier molecular flexibility index (Phi) is 3.75. The monoisotopic (exact) mass is 348 g/mol. The molecule has 0 radical (unpaired) electrons. The zero-order valence-corrected chi connectivity index (χ0v) is 14.4. The molecule has 0 aromatic carbocycles. The number of hydrogen-bond acceptors (Lipinski definition) is 7. The Labute approximate surface area is 151 Å². The highest BCUT2D eigenvalue weighted by Crippen LogP contribution is 2.21. The van der Waals surface area contributed by atoms with Crippen molar-refractivity contribution in [2.45, 2.75) is 6.54 Å². The summed E-state index contributed by atoms with van der Waals surface area (Å²) in [5.41, 5.74) is 3.16. The Morgan fingerprint density at radius 1 is 1.04 bits per heavy atom. The Morgan fingerprint density at radius 2 is 1.96 bits per heavy atom. The maximum absolute atomic E-state index is 4.68. The van der Waals surface area contributed by atoms with Gasteiger partial charge in [0.05, 0.1) is 24.1 Å². The van der Waals surface area contributed by atoms with E-state index in [9.17, 15) is 0 Å². The van der Waals surface area contributed by atoms with Gasteiger partial charge in [-0.2, -0.15) is 4.98 Å². The average molecular weight is 348 g/mol.